The molecule has 0 aliphatic carbocycles. The molecule has 3 aromatic carbocycles. The Morgan fingerprint density at radius 3 is 2.52 bits per heavy atom. The van der Waals surface area contributed by atoms with Crippen molar-refractivity contribution in [3.05, 3.63) is 90.0 Å². The number of phenolic OH excluding ortho intramolecular Hbond substituents is 1. The number of nitrogen functional groups attached to an aromatic ring is 1. The number of hydrogen-bond acceptors (Lipinski definition) is 3. The van der Waals surface area contributed by atoms with E-state index in [0.29, 0.717) is 17.8 Å². The Kier molecular flexibility index (Phi) is 5.27. The summed E-state index contributed by atoms with van der Waals surface area (Å²) in [6, 6.07) is 20.0. The van der Waals surface area contributed by atoms with Crippen LogP contribution in [0.5, 0.6) is 5.75 Å². The molecule has 0 unspecified atom stereocenters. The van der Waals surface area contributed by atoms with E-state index in [2.05, 4.69) is 11.9 Å². The number of nitrogens with one attached hydrogen (secondary N) is 1. The second-order valence-corrected chi connectivity index (χ2v) is 6.52. The number of benzene rings is 3. The Hall–Kier alpha value is -3.53. The third-order valence-corrected chi connectivity index (χ3v) is 4.33. The first-order chi connectivity index (χ1) is 12.9. The monoisotopic (exact) mass is 358 g/mol. The molecule has 27 heavy (non-hydrogen) atoms. The van der Waals surface area contributed by atoms with Crippen molar-refractivity contribution in [2.24, 2.45) is 0 Å². The number of phenols is 1. The number of aromatic hydroxyl groups is 1. The molecule has 1 amide bonds. The summed E-state index contributed by atoms with van der Waals surface area (Å²) in [7, 11) is 0. The van der Waals surface area contributed by atoms with Gasteiger partial charge in [0.1, 0.15) is 5.75 Å². The molecule has 0 saturated heterocycles. The van der Waals surface area contributed by atoms with Crippen molar-refractivity contribution in [1.82, 2.24) is 5.32 Å². The lowest BCUT2D eigenvalue weighted by Crippen LogP contribution is -2.22. The smallest absolute Gasteiger partial charge is 0.251 e. The zero-order chi connectivity index (χ0) is 19.4. The van der Waals surface area contributed by atoms with Crippen molar-refractivity contribution in [3.63, 3.8) is 0 Å². The summed E-state index contributed by atoms with van der Waals surface area (Å²) in [5.41, 5.74) is 11.8. The van der Waals surface area contributed by atoms with Crippen LogP contribution in [0.1, 0.15) is 28.4 Å². The fourth-order valence-corrected chi connectivity index (χ4v) is 2.90. The summed E-state index contributed by atoms with van der Waals surface area (Å²) in [6.07, 6.45) is 0. The summed E-state index contributed by atoms with van der Waals surface area (Å²) in [5.74, 6) is 0.0103. The van der Waals surface area contributed by atoms with Gasteiger partial charge >= 0.3 is 0 Å². The molecule has 0 aliphatic heterocycles. The van der Waals surface area contributed by atoms with Gasteiger partial charge in [-0.05, 0) is 65.6 Å². The lowest BCUT2D eigenvalue weighted by Gasteiger charge is -2.10. The maximum atomic E-state index is 12.5. The van der Waals surface area contributed by atoms with Crippen LogP contribution >= 0.6 is 0 Å². The molecule has 0 bridgehead atoms. The molecule has 136 valence electrons. The Balaban J connectivity index is 1.80. The van der Waals surface area contributed by atoms with E-state index in [1.165, 1.54) is 0 Å². The van der Waals surface area contributed by atoms with E-state index in [1.54, 1.807) is 24.3 Å². The molecule has 0 fully saturated rings. The van der Waals surface area contributed by atoms with Crippen LogP contribution in [0.25, 0.3) is 16.7 Å². The van der Waals surface area contributed by atoms with Gasteiger partial charge in [-0.25, -0.2) is 0 Å². The van der Waals surface area contributed by atoms with Gasteiger partial charge in [-0.2, -0.15) is 0 Å². The van der Waals surface area contributed by atoms with Crippen LogP contribution in [0.4, 0.5) is 5.69 Å². The molecule has 0 aliphatic rings. The van der Waals surface area contributed by atoms with Gasteiger partial charge in [0.2, 0.25) is 0 Å². The van der Waals surface area contributed by atoms with E-state index in [4.69, 9.17) is 5.73 Å². The van der Waals surface area contributed by atoms with Gasteiger partial charge in [0.05, 0.1) is 0 Å². The van der Waals surface area contributed by atoms with Crippen LogP contribution in [-0.4, -0.2) is 11.0 Å². The molecule has 4 nitrogen and oxygen atoms in total. The topological polar surface area (TPSA) is 75.3 Å². The van der Waals surface area contributed by atoms with E-state index in [9.17, 15) is 9.90 Å². The van der Waals surface area contributed by atoms with E-state index < -0.39 is 0 Å². The van der Waals surface area contributed by atoms with Gasteiger partial charge in [-0.15, -0.1) is 0 Å². The number of allylic oxidation sites excluding steroid dienone is 1. The minimum Gasteiger partial charge on any atom is -0.508 e. The number of carbonyl (C=O) groups excluding carboxylic acids is 1. The largest absolute Gasteiger partial charge is 0.508 e. The molecule has 4 heteroatoms. The molecule has 0 spiro atoms. The Morgan fingerprint density at radius 1 is 1.04 bits per heavy atom. The maximum Gasteiger partial charge on any atom is 0.251 e. The highest BCUT2D eigenvalue weighted by Gasteiger charge is 2.09. The first-order valence-corrected chi connectivity index (χ1v) is 8.66. The molecule has 0 radical (unpaired) electrons. The van der Waals surface area contributed by atoms with Crippen molar-refractivity contribution in [1.29, 1.82) is 0 Å². The molecule has 0 saturated carbocycles. The Labute approximate surface area is 159 Å². The zero-order valence-electron chi connectivity index (χ0n) is 15.2. The predicted molar refractivity (Wildman–Crippen MR) is 110 cm³/mol. The number of anilines is 1. The van der Waals surface area contributed by atoms with Gasteiger partial charge in [-0.3, -0.25) is 4.79 Å². The number of rotatable bonds is 5. The molecular weight excluding hydrogens is 336 g/mol. The van der Waals surface area contributed by atoms with Crippen LogP contribution in [0.2, 0.25) is 0 Å². The highest BCUT2D eigenvalue weighted by molar-refractivity contribution is 5.95. The van der Waals surface area contributed by atoms with Crippen molar-refractivity contribution in [3.8, 4) is 16.9 Å². The third kappa shape index (κ3) is 4.36. The Morgan fingerprint density at radius 2 is 1.78 bits per heavy atom. The fourth-order valence-electron chi connectivity index (χ4n) is 2.90. The van der Waals surface area contributed by atoms with E-state index in [1.807, 2.05) is 49.4 Å². The van der Waals surface area contributed by atoms with Crippen LogP contribution in [0, 0.1) is 0 Å². The molecule has 4 N–H and O–H groups in total. The second-order valence-electron chi connectivity index (χ2n) is 6.52. The van der Waals surface area contributed by atoms with E-state index >= 15 is 0 Å². The predicted octanol–water partition coefficient (Wildman–Crippen LogP) is 4.60. The van der Waals surface area contributed by atoms with Crippen LogP contribution in [0.3, 0.4) is 0 Å². The highest BCUT2D eigenvalue weighted by atomic mass is 16.3. The van der Waals surface area contributed by atoms with Gasteiger partial charge in [-0.1, -0.05) is 36.9 Å². The normalized spacial score (nSPS) is 10.4. The first kappa shape index (κ1) is 18.3. The van der Waals surface area contributed by atoms with Crippen molar-refractivity contribution in [2.75, 3.05) is 5.73 Å². The van der Waals surface area contributed by atoms with Crippen molar-refractivity contribution in [2.45, 2.75) is 13.5 Å². The van der Waals surface area contributed by atoms with Gasteiger partial charge in [0, 0.05) is 23.4 Å². The second kappa shape index (κ2) is 7.79. The summed E-state index contributed by atoms with van der Waals surface area (Å²) >= 11 is 0. The summed E-state index contributed by atoms with van der Waals surface area (Å²) in [5, 5.41) is 12.4. The van der Waals surface area contributed by atoms with Crippen LogP contribution < -0.4 is 11.1 Å². The Bertz CT molecular complexity index is 1010. The minimum absolute atomic E-state index is 0.171. The number of carbonyl (C=O) groups is 1. The average molecular weight is 358 g/mol. The van der Waals surface area contributed by atoms with E-state index in [0.717, 1.165) is 27.8 Å². The number of nitrogens with two attached hydrogens (primary N) is 1. The summed E-state index contributed by atoms with van der Waals surface area (Å²) < 4.78 is 0. The van der Waals surface area contributed by atoms with Gasteiger partial charge in [0.25, 0.3) is 5.91 Å². The van der Waals surface area contributed by atoms with Crippen LogP contribution in [0.15, 0.2) is 73.3 Å². The van der Waals surface area contributed by atoms with Crippen molar-refractivity contribution < 1.29 is 9.90 Å². The number of hydrogen-bond donors (Lipinski definition) is 3. The standard InChI is InChI=1S/C23H22N2O2/c1-15(2)21-13-18(9-10-22(21)24)17-6-4-7-19(12-17)23(27)25-14-16-5-3-8-20(26)11-16/h3-13,26H,1,14,24H2,2H3,(H,25,27). The molecule has 0 atom stereocenters. The lowest BCUT2D eigenvalue weighted by molar-refractivity contribution is 0.0951. The minimum atomic E-state index is -0.171. The maximum absolute atomic E-state index is 12.5. The first-order valence-electron chi connectivity index (χ1n) is 8.66. The summed E-state index contributed by atoms with van der Waals surface area (Å²) in [6.45, 7) is 6.23. The van der Waals surface area contributed by atoms with Gasteiger partial charge in [0.15, 0.2) is 0 Å². The summed E-state index contributed by atoms with van der Waals surface area (Å²) in [4.78, 5) is 12.5. The highest BCUT2D eigenvalue weighted by Crippen LogP contribution is 2.28. The van der Waals surface area contributed by atoms with Crippen LogP contribution in [-0.2, 0) is 6.54 Å². The molecular formula is C23H22N2O2. The zero-order valence-corrected chi connectivity index (χ0v) is 15.2. The van der Waals surface area contributed by atoms with Crippen molar-refractivity contribution >= 4 is 17.2 Å². The lowest BCUT2D eigenvalue weighted by atomic mass is 9.97. The van der Waals surface area contributed by atoms with E-state index in [-0.39, 0.29) is 11.7 Å². The SMILES string of the molecule is C=C(C)c1cc(-c2cccc(C(=O)NCc3cccc(O)c3)c2)ccc1N. The number of amides is 1. The fraction of sp³-hybridized carbons (Fsp3) is 0.0870. The molecule has 0 aromatic heterocycles. The quantitative estimate of drug-likeness (QED) is 0.583. The average Bonchev–Trinajstić information content (AvgIpc) is 2.66. The third-order valence-electron chi connectivity index (χ3n) is 4.33. The van der Waals surface area contributed by atoms with Gasteiger partial charge < -0.3 is 16.2 Å². The molecule has 3 rings (SSSR count). The molecule has 0 heterocycles. The molecule has 3 aromatic rings.